The van der Waals surface area contributed by atoms with E-state index >= 15 is 0 Å². The van der Waals surface area contributed by atoms with E-state index in [-0.39, 0.29) is 29.2 Å². The second-order valence-corrected chi connectivity index (χ2v) is 10.9. The molecule has 5 heterocycles. The molecule has 1 fully saturated rings. The smallest absolute Gasteiger partial charge is 0.332 e. The largest absolute Gasteiger partial charge is 0.336 e. The van der Waals surface area contributed by atoms with Crippen molar-refractivity contribution < 1.29 is 4.79 Å². The maximum atomic E-state index is 13.5. The van der Waals surface area contributed by atoms with E-state index in [1.54, 1.807) is 18.6 Å². The topological polar surface area (TPSA) is 137 Å². The lowest BCUT2D eigenvalue weighted by molar-refractivity contribution is -0.118. The number of thioether (sulfide) groups is 1. The Balaban J connectivity index is 1.42. The summed E-state index contributed by atoms with van der Waals surface area (Å²) in [5.41, 5.74) is 0.630. The van der Waals surface area contributed by atoms with E-state index in [2.05, 4.69) is 43.7 Å². The number of anilines is 2. The standard InChI is InChI=1S/C25H30N10O3S/c1-25(2)7-6-8-35(25)23-27-9-16(10-28-23)17-11-26-12-18(30-17)34(15-39-5)19(36)13-33-14-29-21-20(33)22(37)32(4)24(38)31(21)3/h9-12,14H,6-8,13,15H2,1-5H3. The monoisotopic (exact) mass is 550 g/mol. The zero-order valence-corrected chi connectivity index (χ0v) is 23.3. The van der Waals surface area contributed by atoms with Crippen LogP contribution in [-0.4, -0.2) is 68.7 Å². The van der Waals surface area contributed by atoms with Crippen LogP contribution in [0, 0.1) is 0 Å². The van der Waals surface area contributed by atoms with Crippen LogP contribution < -0.4 is 21.0 Å². The fraction of sp³-hybridized carbons (Fsp3) is 0.440. The Kier molecular flexibility index (Phi) is 6.97. The number of aryl methyl sites for hydroxylation is 1. The van der Waals surface area contributed by atoms with Crippen LogP contribution in [0.3, 0.4) is 0 Å². The van der Waals surface area contributed by atoms with Crippen molar-refractivity contribution in [1.29, 1.82) is 0 Å². The molecule has 5 rings (SSSR count). The normalized spacial score (nSPS) is 14.7. The second-order valence-electron chi connectivity index (χ2n) is 10.1. The third kappa shape index (κ3) is 4.80. The summed E-state index contributed by atoms with van der Waals surface area (Å²) >= 11 is 1.45. The third-order valence-electron chi connectivity index (χ3n) is 7.06. The van der Waals surface area contributed by atoms with E-state index in [9.17, 15) is 14.4 Å². The number of imidazole rings is 1. The number of rotatable bonds is 7. The van der Waals surface area contributed by atoms with E-state index in [1.165, 1.54) is 52.4 Å². The van der Waals surface area contributed by atoms with Crippen molar-refractivity contribution in [3.63, 3.8) is 0 Å². The van der Waals surface area contributed by atoms with Gasteiger partial charge in [0.25, 0.3) is 5.56 Å². The van der Waals surface area contributed by atoms with Crippen molar-refractivity contribution in [3.05, 3.63) is 52.0 Å². The van der Waals surface area contributed by atoms with E-state index in [0.29, 0.717) is 28.9 Å². The van der Waals surface area contributed by atoms with Crippen LogP contribution in [0.25, 0.3) is 22.4 Å². The van der Waals surface area contributed by atoms with E-state index in [4.69, 9.17) is 0 Å². The van der Waals surface area contributed by atoms with Crippen molar-refractivity contribution in [2.45, 2.75) is 38.8 Å². The highest BCUT2D eigenvalue weighted by Gasteiger charge is 2.33. The zero-order valence-electron chi connectivity index (χ0n) is 22.5. The molecule has 0 unspecified atom stereocenters. The first kappa shape index (κ1) is 26.5. The van der Waals surface area contributed by atoms with E-state index in [1.807, 2.05) is 6.26 Å². The van der Waals surface area contributed by atoms with Crippen LogP contribution in [0.15, 0.2) is 40.7 Å². The SMILES string of the molecule is CSCN(C(=O)Cn1cnc2c1c(=O)n(C)c(=O)n2C)c1cncc(-c2cnc(N3CCCC3(C)C)nc2)n1. The van der Waals surface area contributed by atoms with Gasteiger partial charge in [-0.15, -0.1) is 11.8 Å². The first-order chi connectivity index (χ1) is 18.6. The summed E-state index contributed by atoms with van der Waals surface area (Å²) in [4.78, 5) is 64.6. The molecular formula is C25H30N10O3S. The molecule has 4 aromatic heterocycles. The lowest BCUT2D eigenvalue weighted by atomic mass is 10.0. The lowest BCUT2D eigenvalue weighted by Gasteiger charge is -2.31. The van der Waals surface area contributed by atoms with E-state index in [0.717, 1.165) is 24.0 Å². The van der Waals surface area contributed by atoms with Crippen molar-refractivity contribution in [2.24, 2.45) is 14.1 Å². The van der Waals surface area contributed by atoms with Gasteiger partial charge < -0.3 is 9.47 Å². The average Bonchev–Trinajstić information content (AvgIpc) is 3.51. The molecule has 1 aliphatic heterocycles. The van der Waals surface area contributed by atoms with Gasteiger partial charge in [-0.1, -0.05) is 0 Å². The van der Waals surface area contributed by atoms with Crippen molar-refractivity contribution in [1.82, 2.24) is 38.6 Å². The number of amides is 1. The molecule has 39 heavy (non-hydrogen) atoms. The first-order valence-corrected chi connectivity index (χ1v) is 13.8. The minimum atomic E-state index is -0.516. The number of hydrogen-bond donors (Lipinski definition) is 0. The number of nitrogens with zero attached hydrogens (tertiary/aromatic N) is 10. The lowest BCUT2D eigenvalue weighted by Crippen LogP contribution is -2.39. The number of carbonyl (C=O) groups excluding carboxylic acids is 1. The van der Waals surface area contributed by atoms with Gasteiger partial charge >= 0.3 is 5.69 Å². The number of hydrogen-bond acceptors (Lipinski definition) is 10. The van der Waals surface area contributed by atoms with Gasteiger partial charge in [0.15, 0.2) is 17.0 Å². The van der Waals surface area contributed by atoms with Crippen LogP contribution >= 0.6 is 11.8 Å². The highest BCUT2D eigenvalue weighted by molar-refractivity contribution is 7.98. The second kappa shape index (κ2) is 10.2. The summed E-state index contributed by atoms with van der Waals surface area (Å²) in [6.07, 6.45) is 12.0. The molecule has 0 bridgehead atoms. The molecule has 204 valence electrons. The van der Waals surface area contributed by atoms with Gasteiger partial charge in [-0.25, -0.2) is 24.7 Å². The maximum Gasteiger partial charge on any atom is 0.332 e. The summed E-state index contributed by atoms with van der Waals surface area (Å²) in [7, 11) is 2.93. The Bertz CT molecular complexity index is 1660. The molecule has 1 saturated heterocycles. The van der Waals surface area contributed by atoms with Gasteiger partial charge in [0.2, 0.25) is 11.9 Å². The molecule has 0 saturated carbocycles. The van der Waals surface area contributed by atoms with Crippen LogP contribution in [0.2, 0.25) is 0 Å². The summed E-state index contributed by atoms with van der Waals surface area (Å²) < 4.78 is 3.73. The number of fused-ring (bicyclic) bond motifs is 1. The molecule has 13 nitrogen and oxygen atoms in total. The fourth-order valence-electron chi connectivity index (χ4n) is 4.84. The quantitative estimate of drug-likeness (QED) is 0.311. The summed E-state index contributed by atoms with van der Waals surface area (Å²) in [5.74, 6) is 1.05. The minimum absolute atomic E-state index is 0.0133. The predicted molar refractivity (Wildman–Crippen MR) is 150 cm³/mol. The Labute approximate surface area is 228 Å². The summed E-state index contributed by atoms with van der Waals surface area (Å²) in [6, 6.07) is 0. The Morgan fingerprint density at radius 3 is 2.49 bits per heavy atom. The van der Waals surface area contributed by atoms with Gasteiger partial charge in [0.05, 0.1) is 30.3 Å². The Morgan fingerprint density at radius 2 is 1.82 bits per heavy atom. The van der Waals surface area contributed by atoms with Gasteiger partial charge in [0, 0.05) is 44.1 Å². The molecule has 0 aliphatic carbocycles. The summed E-state index contributed by atoms with van der Waals surface area (Å²) in [5, 5.41) is 0. The van der Waals surface area contributed by atoms with Crippen molar-refractivity contribution in [2.75, 3.05) is 28.5 Å². The van der Waals surface area contributed by atoms with Crippen LogP contribution in [0.5, 0.6) is 0 Å². The van der Waals surface area contributed by atoms with Crippen LogP contribution in [0.1, 0.15) is 26.7 Å². The number of aromatic nitrogens is 8. The zero-order chi connectivity index (χ0) is 27.9. The van der Waals surface area contributed by atoms with Crippen LogP contribution in [-0.2, 0) is 25.4 Å². The molecule has 0 spiro atoms. The molecule has 1 aliphatic rings. The molecule has 0 atom stereocenters. The molecule has 0 radical (unpaired) electrons. The number of carbonyl (C=O) groups is 1. The predicted octanol–water partition coefficient (Wildman–Crippen LogP) is 1.41. The highest BCUT2D eigenvalue weighted by Crippen LogP contribution is 2.31. The third-order valence-corrected chi connectivity index (χ3v) is 7.57. The molecular weight excluding hydrogens is 520 g/mol. The van der Waals surface area contributed by atoms with Crippen molar-refractivity contribution >= 4 is 40.6 Å². The Hall–Kier alpha value is -4.07. The average molecular weight is 551 g/mol. The van der Waals surface area contributed by atoms with Crippen molar-refractivity contribution in [3.8, 4) is 11.3 Å². The van der Waals surface area contributed by atoms with Gasteiger partial charge in [-0.05, 0) is 32.9 Å². The Morgan fingerprint density at radius 1 is 1.08 bits per heavy atom. The minimum Gasteiger partial charge on any atom is -0.336 e. The highest BCUT2D eigenvalue weighted by atomic mass is 32.2. The molecule has 1 amide bonds. The molecule has 14 heteroatoms. The van der Waals surface area contributed by atoms with E-state index < -0.39 is 11.2 Å². The molecule has 4 aromatic rings. The fourth-order valence-corrected chi connectivity index (χ4v) is 5.37. The first-order valence-electron chi connectivity index (χ1n) is 12.4. The van der Waals surface area contributed by atoms with Gasteiger partial charge in [-0.3, -0.25) is 28.6 Å². The maximum absolute atomic E-state index is 13.5. The molecule has 0 aromatic carbocycles. The van der Waals surface area contributed by atoms with Crippen LogP contribution in [0.4, 0.5) is 11.8 Å². The van der Waals surface area contributed by atoms with Gasteiger partial charge in [0.1, 0.15) is 6.54 Å². The summed E-state index contributed by atoms with van der Waals surface area (Å²) in [6.45, 7) is 5.13. The van der Waals surface area contributed by atoms with Gasteiger partial charge in [-0.2, -0.15) is 0 Å². The molecule has 0 N–H and O–H groups in total.